The summed E-state index contributed by atoms with van der Waals surface area (Å²) in [5, 5.41) is 1.97. The molecular formula is C24H24N2O4S2. The summed E-state index contributed by atoms with van der Waals surface area (Å²) in [6, 6.07) is 10.7. The third-order valence-corrected chi connectivity index (χ3v) is 6.71. The van der Waals surface area contributed by atoms with Crippen LogP contribution in [0, 0.1) is 0 Å². The van der Waals surface area contributed by atoms with Gasteiger partial charge in [0.05, 0.1) is 34.6 Å². The molecule has 6 nitrogen and oxygen atoms in total. The SMILES string of the molecule is CCOc1ccc(C2C(C(=O)OC(C)C)=C(C)N=c3sc(=Cc4cccs4)c(=O)n32)cc1. The minimum atomic E-state index is -0.626. The predicted octanol–water partition coefficient (Wildman–Crippen LogP) is 3.65. The number of hydrogen-bond acceptors (Lipinski definition) is 7. The third-order valence-electron chi connectivity index (χ3n) is 4.91. The van der Waals surface area contributed by atoms with E-state index in [4.69, 9.17) is 9.47 Å². The van der Waals surface area contributed by atoms with E-state index in [2.05, 4.69) is 4.99 Å². The van der Waals surface area contributed by atoms with Crippen LogP contribution in [0.15, 0.2) is 62.8 Å². The lowest BCUT2D eigenvalue weighted by atomic mass is 9.96. The molecule has 0 saturated heterocycles. The average Bonchev–Trinajstić information content (AvgIpc) is 3.36. The summed E-state index contributed by atoms with van der Waals surface area (Å²) in [6.45, 7) is 7.87. The molecular weight excluding hydrogens is 444 g/mol. The van der Waals surface area contributed by atoms with Crippen molar-refractivity contribution in [3.8, 4) is 5.75 Å². The molecule has 0 radical (unpaired) electrons. The minimum Gasteiger partial charge on any atom is -0.494 e. The van der Waals surface area contributed by atoms with Gasteiger partial charge in [-0.25, -0.2) is 9.79 Å². The van der Waals surface area contributed by atoms with Crippen LogP contribution in [-0.2, 0) is 9.53 Å². The van der Waals surface area contributed by atoms with Gasteiger partial charge in [-0.1, -0.05) is 29.5 Å². The topological polar surface area (TPSA) is 69.9 Å². The van der Waals surface area contributed by atoms with E-state index in [0.29, 0.717) is 27.2 Å². The van der Waals surface area contributed by atoms with Gasteiger partial charge in [0.2, 0.25) is 0 Å². The average molecular weight is 469 g/mol. The standard InChI is InChI=1S/C24H24N2O4S2/c1-5-29-17-10-8-16(9-11-17)21-20(23(28)30-14(2)3)15(4)25-24-26(21)22(27)19(32-24)13-18-7-6-12-31-18/h6-14,21H,5H2,1-4H3. The molecule has 1 aliphatic heterocycles. The van der Waals surface area contributed by atoms with Crippen molar-refractivity contribution in [2.75, 3.05) is 6.61 Å². The van der Waals surface area contributed by atoms with Crippen LogP contribution in [0.1, 0.15) is 44.2 Å². The summed E-state index contributed by atoms with van der Waals surface area (Å²) in [4.78, 5) is 32.7. The highest BCUT2D eigenvalue weighted by molar-refractivity contribution is 7.11. The van der Waals surface area contributed by atoms with Crippen molar-refractivity contribution >= 4 is 34.7 Å². The molecule has 32 heavy (non-hydrogen) atoms. The molecule has 1 atom stereocenters. The number of carbonyl (C=O) groups excluding carboxylic acids is 1. The number of thiophene rings is 1. The van der Waals surface area contributed by atoms with Gasteiger partial charge in [-0.15, -0.1) is 11.3 Å². The zero-order valence-corrected chi connectivity index (χ0v) is 20.0. The number of fused-ring (bicyclic) bond motifs is 1. The van der Waals surface area contributed by atoms with Gasteiger partial charge in [-0.3, -0.25) is 9.36 Å². The van der Waals surface area contributed by atoms with Crippen LogP contribution in [0.25, 0.3) is 6.08 Å². The van der Waals surface area contributed by atoms with Crippen LogP contribution in [0.4, 0.5) is 0 Å². The maximum Gasteiger partial charge on any atom is 0.338 e. The first-order valence-corrected chi connectivity index (χ1v) is 12.1. The maximum absolute atomic E-state index is 13.5. The number of thiazole rings is 1. The number of ether oxygens (including phenoxy) is 2. The van der Waals surface area contributed by atoms with Crippen LogP contribution in [-0.4, -0.2) is 23.2 Å². The summed E-state index contributed by atoms with van der Waals surface area (Å²) in [5.74, 6) is 0.265. The Balaban J connectivity index is 1.91. The Labute approximate surface area is 193 Å². The van der Waals surface area contributed by atoms with Crippen LogP contribution >= 0.6 is 22.7 Å². The molecule has 1 unspecified atom stereocenters. The number of rotatable bonds is 6. The van der Waals surface area contributed by atoms with E-state index in [1.54, 1.807) is 36.7 Å². The molecule has 166 valence electrons. The van der Waals surface area contributed by atoms with Crippen molar-refractivity contribution in [1.29, 1.82) is 0 Å². The Bertz CT molecular complexity index is 1330. The van der Waals surface area contributed by atoms with Gasteiger partial charge >= 0.3 is 5.97 Å². The number of aromatic nitrogens is 1. The van der Waals surface area contributed by atoms with Crippen molar-refractivity contribution < 1.29 is 14.3 Å². The zero-order chi connectivity index (χ0) is 22.8. The molecule has 0 saturated carbocycles. The van der Waals surface area contributed by atoms with Gasteiger partial charge in [0.25, 0.3) is 5.56 Å². The van der Waals surface area contributed by atoms with Crippen molar-refractivity contribution in [1.82, 2.24) is 4.57 Å². The Morgan fingerprint density at radius 3 is 2.62 bits per heavy atom. The second kappa shape index (κ2) is 9.26. The largest absolute Gasteiger partial charge is 0.494 e. The molecule has 0 N–H and O–H groups in total. The van der Waals surface area contributed by atoms with Gasteiger partial charge in [-0.05, 0) is 62.9 Å². The summed E-state index contributed by atoms with van der Waals surface area (Å²) in [7, 11) is 0. The first-order chi connectivity index (χ1) is 15.4. The van der Waals surface area contributed by atoms with E-state index in [1.807, 2.05) is 54.8 Å². The Hall–Kier alpha value is -2.97. The first-order valence-electron chi connectivity index (χ1n) is 10.4. The highest BCUT2D eigenvalue weighted by Gasteiger charge is 2.33. The number of esters is 1. The van der Waals surface area contributed by atoms with Crippen LogP contribution in [0.3, 0.4) is 0 Å². The number of nitrogens with zero attached hydrogens (tertiary/aromatic N) is 2. The van der Waals surface area contributed by atoms with Crippen molar-refractivity contribution in [2.45, 2.75) is 39.8 Å². The summed E-state index contributed by atoms with van der Waals surface area (Å²) in [5.41, 5.74) is 1.54. The fourth-order valence-corrected chi connectivity index (χ4v) is 5.36. The quantitative estimate of drug-likeness (QED) is 0.518. The number of carbonyl (C=O) groups is 1. The lowest BCUT2D eigenvalue weighted by Crippen LogP contribution is -2.40. The second-order valence-electron chi connectivity index (χ2n) is 7.55. The Morgan fingerprint density at radius 2 is 2.00 bits per heavy atom. The van der Waals surface area contributed by atoms with E-state index in [1.165, 1.54) is 11.3 Å². The Morgan fingerprint density at radius 1 is 1.25 bits per heavy atom. The van der Waals surface area contributed by atoms with Gasteiger partial charge in [-0.2, -0.15) is 0 Å². The molecule has 0 spiro atoms. The van der Waals surface area contributed by atoms with E-state index in [0.717, 1.165) is 16.2 Å². The van der Waals surface area contributed by atoms with E-state index < -0.39 is 12.0 Å². The molecule has 1 aromatic carbocycles. The zero-order valence-electron chi connectivity index (χ0n) is 18.3. The van der Waals surface area contributed by atoms with Crippen LogP contribution in [0.5, 0.6) is 5.75 Å². The molecule has 0 amide bonds. The first kappa shape index (κ1) is 22.2. The summed E-state index contributed by atoms with van der Waals surface area (Å²) < 4.78 is 13.3. The summed E-state index contributed by atoms with van der Waals surface area (Å²) >= 11 is 2.89. The monoisotopic (exact) mass is 468 g/mol. The van der Waals surface area contributed by atoms with Gasteiger partial charge in [0.15, 0.2) is 4.80 Å². The molecule has 2 aromatic heterocycles. The molecule has 3 heterocycles. The summed E-state index contributed by atoms with van der Waals surface area (Å²) in [6.07, 6.45) is 1.59. The van der Waals surface area contributed by atoms with Crippen LogP contribution < -0.4 is 19.6 Å². The minimum absolute atomic E-state index is 0.177. The van der Waals surface area contributed by atoms with Crippen LogP contribution in [0.2, 0.25) is 0 Å². The molecule has 0 fully saturated rings. The van der Waals surface area contributed by atoms with E-state index in [9.17, 15) is 9.59 Å². The third kappa shape index (κ3) is 4.33. The molecule has 8 heteroatoms. The highest BCUT2D eigenvalue weighted by Crippen LogP contribution is 2.32. The predicted molar refractivity (Wildman–Crippen MR) is 127 cm³/mol. The fourth-order valence-electron chi connectivity index (χ4n) is 3.59. The number of hydrogen-bond donors (Lipinski definition) is 0. The molecule has 3 aromatic rings. The van der Waals surface area contributed by atoms with Gasteiger partial charge in [0, 0.05) is 4.88 Å². The molecule has 4 rings (SSSR count). The second-order valence-corrected chi connectivity index (χ2v) is 9.54. The van der Waals surface area contributed by atoms with E-state index in [-0.39, 0.29) is 11.7 Å². The lowest BCUT2D eigenvalue weighted by molar-refractivity contribution is -0.143. The normalized spacial score (nSPS) is 16.2. The van der Waals surface area contributed by atoms with Crippen molar-refractivity contribution in [3.05, 3.63) is 83.2 Å². The van der Waals surface area contributed by atoms with Gasteiger partial charge < -0.3 is 9.47 Å². The molecule has 0 bridgehead atoms. The lowest BCUT2D eigenvalue weighted by Gasteiger charge is -2.25. The number of benzene rings is 1. The van der Waals surface area contributed by atoms with Crippen molar-refractivity contribution in [3.63, 3.8) is 0 Å². The molecule has 1 aliphatic rings. The van der Waals surface area contributed by atoms with Crippen molar-refractivity contribution in [2.24, 2.45) is 4.99 Å². The highest BCUT2D eigenvalue weighted by atomic mass is 32.1. The molecule has 0 aliphatic carbocycles. The maximum atomic E-state index is 13.5. The smallest absolute Gasteiger partial charge is 0.338 e. The Kier molecular flexibility index (Phi) is 6.43. The van der Waals surface area contributed by atoms with E-state index >= 15 is 0 Å². The number of allylic oxidation sites excluding steroid dienone is 1. The fraction of sp³-hybridized carbons (Fsp3) is 0.292. The van der Waals surface area contributed by atoms with Gasteiger partial charge in [0.1, 0.15) is 5.75 Å².